The van der Waals surface area contributed by atoms with Crippen molar-refractivity contribution in [1.29, 1.82) is 0 Å². The van der Waals surface area contributed by atoms with Gasteiger partial charge in [0.05, 0.1) is 0 Å². The first-order valence-corrected chi connectivity index (χ1v) is 9.95. The van der Waals surface area contributed by atoms with Crippen LogP contribution in [0.4, 0.5) is 14.9 Å². The van der Waals surface area contributed by atoms with Crippen LogP contribution < -0.4 is 25.0 Å². The maximum atomic E-state index is 13.2. The van der Waals surface area contributed by atoms with Crippen molar-refractivity contribution in [3.8, 4) is 11.5 Å². The minimum absolute atomic E-state index is 0.000401. The molecule has 0 aromatic heterocycles. The Morgan fingerprint density at radius 2 is 1.90 bits per heavy atom. The Bertz CT molecular complexity index is 904. The summed E-state index contributed by atoms with van der Waals surface area (Å²) in [6.07, 6.45) is 1.33. The van der Waals surface area contributed by atoms with Crippen LogP contribution in [0, 0.1) is 5.82 Å². The molecule has 30 heavy (non-hydrogen) atoms. The number of carbonyl (C=O) groups excluding carboxylic acids is 2. The number of hydrogen-bond acceptors (Lipinski definition) is 4. The second-order valence-electron chi connectivity index (χ2n) is 7.27. The normalized spacial score (nSPS) is 12.0. The predicted octanol–water partition coefficient (Wildman–Crippen LogP) is 3.69. The molecule has 0 spiro atoms. The van der Waals surface area contributed by atoms with Gasteiger partial charge in [-0.1, -0.05) is 6.07 Å². The summed E-state index contributed by atoms with van der Waals surface area (Å²) < 4.78 is 24.0. The van der Waals surface area contributed by atoms with Crippen molar-refractivity contribution in [3.63, 3.8) is 0 Å². The molecule has 2 N–H and O–H groups in total. The zero-order valence-electron chi connectivity index (χ0n) is 17.1. The number of urea groups is 1. The quantitative estimate of drug-likeness (QED) is 0.645. The second-order valence-corrected chi connectivity index (χ2v) is 7.27. The lowest BCUT2D eigenvalue weighted by Crippen LogP contribution is -2.43. The highest BCUT2D eigenvalue weighted by Gasteiger charge is 2.20. The van der Waals surface area contributed by atoms with Crippen LogP contribution >= 0.6 is 0 Å². The molecule has 1 aliphatic rings. The number of carbonyl (C=O) groups is 2. The van der Waals surface area contributed by atoms with E-state index in [4.69, 9.17) is 9.47 Å². The number of ether oxygens (including phenoxy) is 2. The minimum atomic E-state index is -0.446. The molecule has 8 heteroatoms. The summed E-state index contributed by atoms with van der Waals surface area (Å²) in [6, 6.07) is 10.7. The van der Waals surface area contributed by atoms with E-state index in [1.165, 1.54) is 18.2 Å². The van der Waals surface area contributed by atoms with E-state index in [0.717, 1.165) is 0 Å². The van der Waals surface area contributed by atoms with Crippen LogP contribution in [-0.2, 0) is 0 Å². The maximum Gasteiger partial charge on any atom is 0.322 e. The van der Waals surface area contributed by atoms with Gasteiger partial charge in [-0.05, 0) is 57.0 Å². The highest BCUT2D eigenvalue weighted by molar-refractivity contribution is 5.94. The van der Waals surface area contributed by atoms with Crippen LogP contribution in [-0.4, -0.2) is 37.9 Å². The first-order chi connectivity index (χ1) is 14.4. The number of fused-ring (bicyclic) bond motifs is 1. The second kappa shape index (κ2) is 9.96. The summed E-state index contributed by atoms with van der Waals surface area (Å²) in [5.41, 5.74) is 0.995. The van der Waals surface area contributed by atoms with Crippen LogP contribution in [0.1, 0.15) is 37.0 Å². The third-order valence-electron chi connectivity index (χ3n) is 4.51. The SMILES string of the molecule is CC(C)NC(=O)N(CCCCNC(=O)c1cccc(F)c1)c1ccc2c(c1)OCO2. The van der Waals surface area contributed by atoms with Gasteiger partial charge in [0.1, 0.15) is 5.82 Å². The van der Waals surface area contributed by atoms with Gasteiger partial charge in [-0.25, -0.2) is 9.18 Å². The molecule has 0 aliphatic carbocycles. The fourth-order valence-corrected chi connectivity index (χ4v) is 3.05. The molecule has 0 radical (unpaired) electrons. The number of halogens is 1. The summed E-state index contributed by atoms with van der Waals surface area (Å²) in [5.74, 6) is 0.498. The summed E-state index contributed by atoms with van der Waals surface area (Å²) in [6.45, 7) is 4.86. The van der Waals surface area contributed by atoms with Gasteiger partial charge >= 0.3 is 6.03 Å². The average molecular weight is 415 g/mol. The molecule has 0 saturated carbocycles. The Labute approximate surface area is 175 Å². The molecule has 0 bridgehead atoms. The third kappa shape index (κ3) is 5.62. The van der Waals surface area contributed by atoms with Gasteiger partial charge < -0.3 is 20.1 Å². The lowest BCUT2D eigenvalue weighted by molar-refractivity contribution is 0.0952. The number of nitrogens with one attached hydrogen (secondary N) is 2. The topological polar surface area (TPSA) is 79.9 Å². The van der Waals surface area contributed by atoms with E-state index in [1.54, 1.807) is 23.1 Å². The monoisotopic (exact) mass is 415 g/mol. The van der Waals surface area contributed by atoms with Crippen molar-refractivity contribution in [1.82, 2.24) is 10.6 Å². The number of unbranched alkanes of at least 4 members (excludes halogenated alkanes) is 1. The molecular weight excluding hydrogens is 389 g/mol. The largest absolute Gasteiger partial charge is 0.454 e. The van der Waals surface area contributed by atoms with E-state index >= 15 is 0 Å². The molecule has 3 amide bonds. The van der Waals surface area contributed by atoms with Crippen LogP contribution in [0.3, 0.4) is 0 Å². The molecule has 0 atom stereocenters. The number of amides is 3. The lowest BCUT2D eigenvalue weighted by atomic mass is 10.2. The lowest BCUT2D eigenvalue weighted by Gasteiger charge is -2.24. The van der Waals surface area contributed by atoms with E-state index in [-0.39, 0.29) is 30.3 Å². The van der Waals surface area contributed by atoms with Gasteiger partial charge in [0, 0.05) is 36.4 Å². The molecule has 160 valence electrons. The average Bonchev–Trinajstić information content (AvgIpc) is 3.17. The Morgan fingerprint density at radius 3 is 2.67 bits per heavy atom. The van der Waals surface area contributed by atoms with Crippen molar-refractivity contribution >= 4 is 17.6 Å². The molecule has 1 heterocycles. The third-order valence-corrected chi connectivity index (χ3v) is 4.51. The molecule has 0 fully saturated rings. The molecule has 7 nitrogen and oxygen atoms in total. The smallest absolute Gasteiger partial charge is 0.322 e. The van der Waals surface area contributed by atoms with Crippen molar-refractivity contribution in [2.45, 2.75) is 32.7 Å². The van der Waals surface area contributed by atoms with E-state index in [9.17, 15) is 14.0 Å². The minimum Gasteiger partial charge on any atom is -0.454 e. The van der Waals surface area contributed by atoms with Crippen LogP contribution in [0.25, 0.3) is 0 Å². The van der Waals surface area contributed by atoms with E-state index in [1.807, 2.05) is 19.9 Å². The fraction of sp³-hybridized carbons (Fsp3) is 0.364. The summed E-state index contributed by atoms with van der Waals surface area (Å²) in [7, 11) is 0. The van der Waals surface area contributed by atoms with Crippen molar-refractivity contribution in [2.75, 3.05) is 24.8 Å². The predicted molar refractivity (Wildman–Crippen MR) is 112 cm³/mol. The zero-order valence-corrected chi connectivity index (χ0v) is 17.1. The zero-order chi connectivity index (χ0) is 21.5. The number of rotatable bonds is 8. The number of benzene rings is 2. The molecule has 3 rings (SSSR count). The van der Waals surface area contributed by atoms with Crippen LogP contribution in [0.5, 0.6) is 11.5 Å². The Morgan fingerprint density at radius 1 is 1.10 bits per heavy atom. The van der Waals surface area contributed by atoms with E-state index in [2.05, 4.69) is 10.6 Å². The van der Waals surface area contributed by atoms with Gasteiger partial charge in [0.2, 0.25) is 6.79 Å². The van der Waals surface area contributed by atoms with Crippen molar-refractivity contribution < 1.29 is 23.5 Å². The number of anilines is 1. The maximum absolute atomic E-state index is 13.2. The van der Waals surface area contributed by atoms with Crippen molar-refractivity contribution in [3.05, 3.63) is 53.8 Å². The highest BCUT2D eigenvalue weighted by Crippen LogP contribution is 2.35. The Hall–Kier alpha value is -3.29. The summed E-state index contributed by atoms with van der Waals surface area (Å²) in [5, 5.41) is 5.68. The van der Waals surface area contributed by atoms with Crippen molar-refractivity contribution in [2.24, 2.45) is 0 Å². The molecule has 1 aliphatic heterocycles. The number of nitrogens with zero attached hydrogens (tertiary/aromatic N) is 1. The van der Waals surface area contributed by atoms with Crippen LogP contribution in [0.15, 0.2) is 42.5 Å². The van der Waals surface area contributed by atoms with Gasteiger partial charge in [-0.15, -0.1) is 0 Å². The van der Waals surface area contributed by atoms with Gasteiger partial charge in [0.15, 0.2) is 11.5 Å². The standard InChI is InChI=1S/C22H26FN3O4/c1-15(2)25-22(28)26(18-8-9-19-20(13-18)30-14-29-19)11-4-3-10-24-21(27)16-6-5-7-17(23)12-16/h5-9,12-13,15H,3-4,10-11,14H2,1-2H3,(H,24,27)(H,25,28). The Kier molecular flexibility index (Phi) is 7.11. The van der Waals surface area contributed by atoms with E-state index in [0.29, 0.717) is 43.1 Å². The highest BCUT2D eigenvalue weighted by atomic mass is 19.1. The Balaban J connectivity index is 1.54. The first-order valence-electron chi connectivity index (χ1n) is 9.95. The van der Waals surface area contributed by atoms with Gasteiger partial charge in [-0.3, -0.25) is 9.69 Å². The fourth-order valence-electron chi connectivity index (χ4n) is 3.05. The van der Waals surface area contributed by atoms with Crippen LogP contribution in [0.2, 0.25) is 0 Å². The first kappa shape index (κ1) is 21.4. The van der Waals surface area contributed by atoms with Gasteiger partial charge in [-0.2, -0.15) is 0 Å². The molecule has 0 unspecified atom stereocenters. The summed E-state index contributed by atoms with van der Waals surface area (Å²) in [4.78, 5) is 26.4. The number of hydrogen-bond donors (Lipinski definition) is 2. The molecule has 2 aromatic rings. The molecule has 0 saturated heterocycles. The molecular formula is C22H26FN3O4. The van der Waals surface area contributed by atoms with Gasteiger partial charge in [0.25, 0.3) is 5.91 Å². The van der Waals surface area contributed by atoms with E-state index < -0.39 is 5.82 Å². The summed E-state index contributed by atoms with van der Waals surface area (Å²) >= 11 is 0. The molecule has 2 aromatic carbocycles.